The number of aryl methyl sites for hydroxylation is 2. The fraction of sp³-hybridized carbons (Fsp3) is 0.375. The Bertz CT molecular complexity index is 560. The highest BCUT2D eigenvalue weighted by molar-refractivity contribution is 5.61. The summed E-state index contributed by atoms with van der Waals surface area (Å²) in [4.78, 5) is 10.9. The Morgan fingerprint density at radius 2 is 1.80 bits per heavy atom. The number of benzene rings is 1. The molecule has 0 unspecified atom stereocenters. The van der Waals surface area contributed by atoms with Crippen molar-refractivity contribution in [3.8, 4) is 0 Å². The molecule has 2 rings (SSSR count). The third kappa shape index (κ3) is 3.47. The molecular formula is C16H22N4. The monoisotopic (exact) mass is 270 g/mol. The molecule has 0 aliphatic rings. The summed E-state index contributed by atoms with van der Waals surface area (Å²) in [5.41, 5.74) is 3.63. The van der Waals surface area contributed by atoms with Crippen LogP contribution in [-0.4, -0.2) is 23.6 Å². The van der Waals surface area contributed by atoms with Gasteiger partial charge in [0.2, 0.25) is 0 Å². The Balaban J connectivity index is 2.25. The first-order valence-electron chi connectivity index (χ1n) is 6.98. The second kappa shape index (κ2) is 6.37. The molecule has 0 aliphatic carbocycles. The second-order valence-corrected chi connectivity index (χ2v) is 5.09. The zero-order valence-corrected chi connectivity index (χ0v) is 12.6. The second-order valence-electron chi connectivity index (χ2n) is 5.09. The van der Waals surface area contributed by atoms with E-state index in [0.29, 0.717) is 0 Å². The molecule has 0 saturated heterocycles. The molecule has 0 amide bonds. The van der Waals surface area contributed by atoms with Gasteiger partial charge in [-0.25, -0.2) is 4.98 Å². The Labute approximate surface area is 120 Å². The smallest absolute Gasteiger partial charge is 0.153 e. The molecule has 1 heterocycles. The Morgan fingerprint density at radius 1 is 1.10 bits per heavy atom. The van der Waals surface area contributed by atoms with E-state index in [1.54, 1.807) is 12.4 Å². The van der Waals surface area contributed by atoms with Gasteiger partial charge in [-0.2, -0.15) is 0 Å². The molecule has 0 radical (unpaired) electrons. The highest BCUT2D eigenvalue weighted by Gasteiger charge is 2.07. The topological polar surface area (TPSA) is 41.1 Å². The number of nitrogens with zero attached hydrogens (tertiary/aromatic N) is 3. The number of hydrogen-bond acceptors (Lipinski definition) is 4. The van der Waals surface area contributed by atoms with Crippen LogP contribution in [-0.2, 0) is 0 Å². The van der Waals surface area contributed by atoms with Gasteiger partial charge in [-0.05, 0) is 43.5 Å². The van der Waals surface area contributed by atoms with Gasteiger partial charge in [0.05, 0.1) is 12.4 Å². The maximum absolute atomic E-state index is 4.60. The lowest BCUT2D eigenvalue weighted by molar-refractivity contribution is 0.960. The Hall–Kier alpha value is -2.10. The lowest BCUT2D eigenvalue weighted by atomic mass is 10.1. The van der Waals surface area contributed by atoms with Crippen LogP contribution in [0.3, 0.4) is 0 Å². The van der Waals surface area contributed by atoms with E-state index in [0.717, 1.165) is 30.3 Å². The van der Waals surface area contributed by atoms with Gasteiger partial charge >= 0.3 is 0 Å². The molecule has 0 saturated carbocycles. The van der Waals surface area contributed by atoms with Crippen molar-refractivity contribution in [3.63, 3.8) is 0 Å². The zero-order chi connectivity index (χ0) is 14.5. The molecule has 1 N–H and O–H groups in total. The highest BCUT2D eigenvalue weighted by Crippen LogP contribution is 2.24. The minimum absolute atomic E-state index is 0.820. The van der Waals surface area contributed by atoms with Crippen LogP contribution in [0, 0.1) is 13.8 Å². The molecule has 0 atom stereocenters. The summed E-state index contributed by atoms with van der Waals surface area (Å²) >= 11 is 0. The molecule has 20 heavy (non-hydrogen) atoms. The molecule has 0 aliphatic heterocycles. The summed E-state index contributed by atoms with van der Waals surface area (Å²) in [6, 6.07) is 6.48. The van der Waals surface area contributed by atoms with E-state index in [1.807, 2.05) is 7.05 Å². The van der Waals surface area contributed by atoms with Crippen molar-refractivity contribution in [1.82, 2.24) is 9.97 Å². The first-order valence-corrected chi connectivity index (χ1v) is 6.98. The summed E-state index contributed by atoms with van der Waals surface area (Å²) in [7, 11) is 2.02. The zero-order valence-electron chi connectivity index (χ0n) is 12.6. The fourth-order valence-electron chi connectivity index (χ4n) is 2.13. The van der Waals surface area contributed by atoms with Gasteiger partial charge < -0.3 is 10.2 Å². The number of anilines is 3. The largest absolute Gasteiger partial charge is 0.369 e. The van der Waals surface area contributed by atoms with Crippen LogP contribution in [0.4, 0.5) is 17.3 Å². The van der Waals surface area contributed by atoms with E-state index >= 15 is 0 Å². The highest BCUT2D eigenvalue weighted by atomic mass is 15.2. The average molecular weight is 270 g/mol. The molecule has 0 bridgehead atoms. The third-order valence-electron chi connectivity index (χ3n) is 3.12. The number of hydrogen-bond donors (Lipinski definition) is 1. The number of rotatable bonds is 5. The number of nitrogens with one attached hydrogen (secondary N) is 1. The van der Waals surface area contributed by atoms with Crippen molar-refractivity contribution in [2.75, 3.05) is 23.8 Å². The normalized spacial score (nSPS) is 10.4. The van der Waals surface area contributed by atoms with Crippen molar-refractivity contribution in [2.45, 2.75) is 27.2 Å². The number of aromatic nitrogens is 2. The predicted molar refractivity (Wildman–Crippen MR) is 84.8 cm³/mol. The van der Waals surface area contributed by atoms with Crippen molar-refractivity contribution in [1.29, 1.82) is 0 Å². The van der Waals surface area contributed by atoms with E-state index < -0.39 is 0 Å². The predicted octanol–water partition coefficient (Wildman–Crippen LogP) is 3.68. The molecule has 0 spiro atoms. The van der Waals surface area contributed by atoms with Gasteiger partial charge in [-0.1, -0.05) is 13.0 Å². The molecule has 0 fully saturated rings. The van der Waals surface area contributed by atoms with Crippen LogP contribution in [0.2, 0.25) is 0 Å². The summed E-state index contributed by atoms with van der Waals surface area (Å²) in [6.07, 6.45) is 4.61. The standard InChI is InChI=1S/C16H22N4/c1-5-6-18-15-10-17-11-16(19-15)20(4)14-8-12(2)7-13(3)9-14/h7-11H,5-6H2,1-4H3,(H,18,19). The molecule has 1 aromatic heterocycles. The maximum Gasteiger partial charge on any atom is 0.153 e. The minimum atomic E-state index is 0.820. The first kappa shape index (κ1) is 14.3. The van der Waals surface area contributed by atoms with Crippen LogP contribution in [0.1, 0.15) is 24.5 Å². The van der Waals surface area contributed by atoms with Gasteiger partial charge in [-0.3, -0.25) is 4.98 Å². The van der Waals surface area contributed by atoms with Crippen molar-refractivity contribution < 1.29 is 0 Å². The summed E-state index contributed by atoms with van der Waals surface area (Å²) in [5, 5.41) is 3.26. The molecular weight excluding hydrogens is 248 g/mol. The van der Waals surface area contributed by atoms with E-state index in [9.17, 15) is 0 Å². The Kier molecular flexibility index (Phi) is 4.56. The molecule has 106 valence electrons. The van der Waals surface area contributed by atoms with Gasteiger partial charge in [-0.15, -0.1) is 0 Å². The SMILES string of the molecule is CCCNc1cncc(N(C)c2cc(C)cc(C)c2)n1. The van der Waals surface area contributed by atoms with E-state index in [2.05, 4.69) is 59.2 Å². The van der Waals surface area contributed by atoms with Gasteiger partial charge in [0, 0.05) is 19.3 Å². The van der Waals surface area contributed by atoms with Crippen molar-refractivity contribution in [2.24, 2.45) is 0 Å². The third-order valence-corrected chi connectivity index (χ3v) is 3.12. The van der Waals surface area contributed by atoms with Crippen LogP contribution >= 0.6 is 0 Å². The van der Waals surface area contributed by atoms with E-state index in [-0.39, 0.29) is 0 Å². The van der Waals surface area contributed by atoms with Crippen LogP contribution in [0.5, 0.6) is 0 Å². The van der Waals surface area contributed by atoms with Crippen molar-refractivity contribution in [3.05, 3.63) is 41.7 Å². The molecule has 1 aromatic carbocycles. The van der Waals surface area contributed by atoms with E-state index in [1.165, 1.54) is 11.1 Å². The summed E-state index contributed by atoms with van der Waals surface area (Å²) < 4.78 is 0. The molecule has 4 heteroatoms. The maximum atomic E-state index is 4.60. The van der Waals surface area contributed by atoms with E-state index in [4.69, 9.17) is 0 Å². The van der Waals surface area contributed by atoms with Crippen molar-refractivity contribution >= 4 is 17.3 Å². The van der Waals surface area contributed by atoms with Crippen LogP contribution < -0.4 is 10.2 Å². The quantitative estimate of drug-likeness (QED) is 0.899. The minimum Gasteiger partial charge on any atom is -0.369 e. The van der Waals surface area contributed by atoms with Gasteiger partial charge in [0.25, 0.3) is 0 Å². The molecule has 2 aromatic rings. The van der Waals surface area contributed by atoms with Gasteiger partial charge in [0.1, 0.15) is 5.82 Å². The average Bonchev–Trinajstić information content (AvgIpc) is 2.43. The molecule has 4 nitrogen and oxygen atoms in total. The lowest BCUT2D eigenvalue weighted by Gasteiger charge is -2.19. The van der Waals surface area contributed by atoms with Crippen LogP contribution in [0.25, 0.3) is 0 Å². The Morgan fingerprint density at radius 3 is 2.45 bits per heavy atom. The van der Waals surface area contributed by atoms with Crippen LogP contribution in [0.15, 0.2) is 30.6 Å². The fourth-order valence-corrected chi connectivity index (χ4v) is 2.13. The summed E-state index contributed by atoms with van der Waals surface area (Å²) in [5.74, 6) is 1.66. The first-order chi connectivity index (χ1) is 9.60. The van der Waals surface area contributed by atoms with Gasteiger partial charge in [0.15, 0.2) is 5.82 Å². The summed E-state index contributed by atoms with van der Waals surface area (Å²) in [6.45, 7) is 7.25. The lowest BCUT2D eigenvalue weighted by Crippen LogP contribution is -2.13.